The Balaban J connectivity index is 2.27. The molecule has 4 atom stereocenters. The van der Waals surface area contributed by atoms with Crippen molar-refractivity contribution in [2.75, 3.05) is 0 Å². The van der Waals surface area contributed by atoms with E-state index in [2.05, 4.69) is 33.9 Å². The zero-order valence-corrected chi connectivity index (χ0v) is 10.5. The van der Waals surface area contributed by atoms with E-state index in [1.807, 2.05) is 0 Å². The molecule has 84 valence electrons. The van der Waals surface area contributed by atoms with Crippen molar-refractivity contribution in [1.82, 2.24) is 0 Å². The van der Waals surface area contributed by atoms with Gasteiger partial charge in [-0.2, -0.15) is 0 Å². The lowest BCUT2D eigenvalue weighted by Gasteiger charge is -2.40. The van der Waals surface area contributed by atoms with Gasteiger partial charge in [-0.25, -0.2) is 0 Å². The summed E-state index contributed by atoms with van der Waals surface area (Å²) in [6, 6.07) is 0. The Kier molecular flexibility index (Phi) is 2.56. The van der Waals surface area contributed by atoms with Gasteiger partial charge >= 0.3 is 0 Å². The molecule has 0 saturated heterocycles. The van der Waals surface area contributed by atoms with Gasteiger partial charge in [0.25, 0.3) is 0 Å². The Morgan fingerprint density at radius 2 is 2.13 bits per heavy atom. The summed E-state index contributed by atoms with van der Waals surface area (Å²) in [5.41, 5.74) is 3.52. The second-order valence-electron chi connectivity index (χ2n) is 6.18. The lowest BCUT2D eigenvalue weighted by Crippen LogP contribution is -2.31. The van der Waals surface area contributed by atoms with Crippen molar-refractivity contribution in [1.29, 1.82) is 0 Å². The fourth-order valence-corrected chi connectivity index (χ4v) is 4.19. The van der Waals surface area contributed by atoms with E-state index in [1.165, 1.54) is 30.4 Å². The molecule has 4 unspecified atom stereocenters. The van der Waals surface area contributed by atoms with Crippen LogP contribution in [0.5, 0.6) is 0 Å². The Hall–Kier alpha value is -0.520. The average molecular weight is 204 g/mol. The highest BCUT2D eigenvalue weighted by Gasteiger charge is 2.48. The van der Waals surface area contributed by atoms with E-state index in [1.54, 1.807) is 0 Å². The van der Waals surface area contributed by atoms with Crippen LogP contribution in [-0.4, -0.2) is 0 Å². The molecule has 0 aliphatic heterocycles. The number of hydrogen-bond donors (Lipinski definition) is 0. The molecule has 0 aromatic rings. The molecule has 2 fully saturated rings. The topological polar surface area (TPSA) is 0 Å². The second kappa shape index (κ2) is 3.50. The first kappa shape index (κ1) is 11.0. The predicted molar refractivity (Wildman–Crippen MR) is 66.7 cm³/mol. The van der Waals surface area contributed by atoms with Crippen LogP contribution in [0.15, 0.2) is 24.3 Å². The third-order valence-corrected chi connectivity index (χ3v) is 4.68. The van der Waals surface area contributed by atoms with Crippen molar-refractivity contribution in [3.05, 3.63) is 24.3 Å². The van der Waals surface area contributed by atoms with E-state index in [0.29, 0.717) is 5.41 Å². The van der Waals surface area contributed by atoms with Crippen LogP contribution >= 0.6 is 0 Å². The van der Waals surface area contributed by atoms with Crippen LogP contribution in [0.3, 0.4) is 0 Å². The SMILES string of the molecule is C=C1CC2(C)CC(C)C(C(=C)CC)C1C2. The number of hydrogen-bond acceptors (Lipinski definition) is 0. The molecule has 2 bridgehead atoms. The predicted octanol–water partition coefficient (Wildman–Crippen LogP) is 4.58. The maximum atomic E-state index is 4.30. The van der Waals surface area contributed by atoms with Gasteiger partial charge < -0.3 is 0 Å². The molecule has 2 aliphatic rings. The molecule has 0 spiro atoms. The van der Waals surface area contributed by atoms with Gasteiger partial charge in [0.15, 0.2) is 0 Å². The smallest absolute Gasteiger partial charge is 0.0114 e. The molecule has 0 amide bonds. The van der Waals surface area contributed by atoms with Crippen LogP contribution in [0.4, 0.5) is 0 Å². The number of fused-ring (bicyclic) bond motifs is 2. The van der Waals surface area contributed by atoms with E-state index < -0.39 is 0 Å². The van der Waals surface area contributed by atoms with Crippen molar-refractivity contribution < 1.29 is 0 Å². The first-order valence-electron chi connectivity index (χ1n) is 6.32. The minimum atomic E-state index is 0.561. The zero-order valence-electron chi connectivity index (χ0n) is 10.5. The number of rotatable bonds is 2. The first-order chi connectivity index (χ1) is 6.97. The summed E-state index contributed by atoms with van der Waals surface area (Å²) in [6.07, 6.45) is 5.12. The summed E-state index contributed by atoms with van der Waals surface area (Å²) < 4.78 is 0. The van der Waals surface area contributed by atoms with Crippen molar-refractivity contribution in [3.63, 3.8) is 0 Å². The Morgan fingerprint density at radius 1 is 1.47 bits per heavy atom. The minimum absolute atomic E-state index is 0.561. The third kappa shape index (κ3) is 1.68. The summed E-state index contributed by atoms with van der Waals surface area (Å²) in [5, 5.41) is 0. The summed E-state index contributed by atoms with van der Waals surface area (Å²) >= 11 is 0. The largest absolute Gasteiger partial charge is 0.0996 e. The molecular formula is C15H24. The van der Waals surface area contributed by atoms with Crippen LogP contribution in [0, 0.1) is 23.2 Å². The molecule has 2 aliphatic carbocycles. The average Bonchev–Trinajstić information content (AvgIpc) is 2.37. The van der Waals surface area contributed by atoms with Crippen LogP contribution < -0.4 is 0 Å². The Morgan fingerprint density at radius 3 is 2.73 bits per heavy atom. The summed E-state index contributed by atoms with van der Waals surface area (Å²) in [5.74, 6) is 2.27. The quantitative estimate of drug-likeness (QED) is 0.577. The molecule has 0 nitrogen and oxygen atoms in total. The Bertz CT molecular complexity index is 297. The van der Waals surface area contributed by atoms with Gasteiger partial charge in [0.1, 0.15) is 0 Å². The van der Waals surface area contributed by atoms with Crippen molar-refractivity contribution in [3.8, 4) is 0 Å². The van der Waals surface area contributed by atoms with E-state index in [9.17, 15) is 0 Å². The lowest BCUT2D eigenvalue weighted by molar-refractivity contribution is 0.136. The molecule has 2 saturated carbocycles. The van der Waals surface area contributed by atoms with Gasteiger partial charge in [-0.3, -0.25) is 0 Å². The molecule has 0 aromatic carbocycles. The molecular weight excluding hydrogens is 180 g/mol. The molecule has 2 rings (SSSR count). The van der Waals surface area contributed by atoms with Crippen LogP contribution in [0.2, 0.25) is 0 Å². The maximum absolute atomic E-state index is 4.30. The lowest BCUT2D eigenvalue weighted by atomic mass is 9.64. The van der Waals surface area contributed by atoms with Gasteiger partial charge in [0, 0.05) is 0 Å². The third-order valence-electron chi connectivity index (χ3n) is 4.68. The van der Waals surface area contributed by atoms with E-state index in [-0.39, 0.29) is 0 Å². The summed E-state index contributed by atoms with van der Waals surface area (Å²) in [4.78, 5) is 0. The standard InChI is InChI=1S/C15H24/c1-6-10(2)14-12(4)8-15(5)7-11(3)13(14)9-15/h12-14H,2-3,6-9H2,1,4-5H3. The van der Waals surface area contributed by atoms with Crippen LogP contribution in [0.1, 0.15) is 46.5 Å². The fraction of sp³-hybridized carbons (Fsp3) is 0.733. The monoisotopic (exact) mass is 204 g/mol. The highest BCUT2D eigenvalue weighted by molar-refractivity contribution is 5.23. The first-order valence-corrected chi connectivity index (χ1v) is 6.32. The summed E-state index contributed by atoms with van der Waals surface area (Å²) in [6.45, 7) is 15.7. The fourth-order valence-electron chi connectivity index (χ4n) is 4.19. The van der Waals surface area contributed by atoms with E-state index in [0.717, 1.165) is 24.2 Å². The zero-order chi connectivity index (χ0) is 11.2. The molecule has 0 heteroatoms. The van der Waals surface area contributed by atoms with Crippen molar-refractivity contribution in [2.45, 2.75) is 46.5 Å². The van der Waals surface area contributed by atoms with Gasteiger partial charge in [0.2, 0.25) is 0 Å². The van der Waals surface area contributed by atoms with Gasteiger partial charge in [-0.05, 0) is 48.9 Å². The van der Waals surface area contributed by atoms with Crippen LogP contribution in [0.25, 0.3) is 0 Å². The van der Waals surface area contributed by atoms with Crippen LogP contribution in [-0.2, 0) is 0 Å². The van der Waals surface area contributed by atoms with E-state index >= 15 is 0 Å². The van der Waals surface area contributed by atoms with Crippen molar-refractivity contribution >= 4 is 0 Å². The molecule has 0 radical (unpaired) electrons. The summed E-state index contributed by atoms with van der Waals surface area (Å²) in [7, 11) is 0. The van der Waals surface area contributed by atoms with Gasteiger partial charge in [-0.15, -0.1) is 0 Å². The molecule has 0 N–H and O–H groups in total. The van der Waals surface area contributed by atoms with Gasteiger partial charge in [0.05, 0.1) is 0 Å². The Labute approximate surface area is 94.5 Å². The maximum Gasteiger partial charge on any atom is -0.0114 e. The van der Waals surface area contributed by atoms with Crippen molar-refractivity contribution in [2.24, 2.45) is 23.2 Å². The minimum Gasteiger partial charge on any atom is -0.0996 e. The molecule has 0 aromatic heterocycles. The highest BCUT2D eigenvalue weighted by Crippen LogP contribution is 2.59. The number of allylic oxidation sites excluding steroid dienone is 2. The van der Waals surface area contributed by atoms with E-state index in [4.69, 9.17) is 0 Å². The molecule has 15 heavy (non-hydrogen) atoms. The molecule has 0 heterocycles. The van der Waals surface area contributed by atoms with Gasteiger partial charge in [-0.1, -0.05) is 45.1 Å². The normalized spacial score (nSPS) is 44.5. The highest BCUT2D eigenvalue weighted by atomic mass is 14.5. The second-order valence-corrected chi connectivity index (χ2v) is 6.18.